The summed E-state index contributed by atoms with van der Waals surface area (Å²) < 4.78 is 0. The van der Waals surface area contributed by atoms with Crippen LogP contribution in [0.3, 0.4) is 0 Å². The SMILES string of the molecule is CC/C(=N\C(C)=C(/C)Cc1ccccc1Cl)NC(=O)C1(c2ccc(O)c(O)c2)CC1. The van der Waals surface area contributed by atoms with Crippen molar-refractivity contribution in [2.45, 2.75) is 51.9 Å². The largest absolute Gasteiger partial charge is 0.504 e. The van der Waals surface area contributed by atoms with Gasteiger partial charge in [0.1, 0.15) is 5.84 Å². The topological polar surface area (TPSA) is 81.9 Å². The maximum atomic E-state index is 13.0. The number of amidine groups is 1. The van der Waals surface area contributed by atoms with E-state index in [0.29, 0.717) is 37.1 Å². The lowest BCUT2D eigenvalue weighted by Crippen LogP contribution is -2.38. The van der Waals surface area contributed by atoms with E-state index < -0.39 is 5.41 Å². The van der Waals surface area contributed by atoms with Gasteiger partial charge in [0.25, 0.3) is 0 Å². The first kappa shape index (κ1) is 21.9. The third kappa shape index (κ3) is 4.68. The number of carbonyl (C=O) groups is 1. The van der Waals surface area contributed by atoms with Crippen LogP contribution in [0, 0.1) is 0 Å². The summed E-state index contributed by atoms with van der Waals surface area (Å²) in [6, 6.07) is 12.3. The standard InChI is InChI=1S/C24H27ClN2O3/c1-4-22(26-16(3)15(2)13-17-7-5-6-8-19(17)25)27-23(30)24(11-12-24)18-9-10-20(28)21(29)14-18/h5-10,14,28-29H,4,11-13H2,1-3H3,(H,26,27,30)/b16-15+. The van der Waals surface area contributed by atoms with E-state index in [4.69, 9.17) is 11.6 Å². The van der Waals surface area contributed by atoms with Crippen molar-refractivity contribution in [1.82, 2.24) is 5.32 Å². The molecule has 0 radical (unpaired) electrons. The number of amides is 1. The highest BCUT2D eigenvalue weighted by molar-refractivity contribution is 6.31. The van der Waals surface area contributed by atoms with Crippen molar-refractivity contribution in [3.05, 3.63) is 69.9 Å². The molecule has 0 heterocycles. The summed E-state index contributed by atoms with van der Waals surface area (Å²) in [5, 5.41) is 23.0. The van der Waals surface area contributed by atoms with Crippen LogP contribution in [0.1, 0.15) is 51.2 Å². The Labute approximate surface area is 182 Å². The van der Waals surface area contributed by atoms with Crippen LogP contribution < -0.4 is 5.32 Å². The van der Waals surface area contributed by atoms with Crippen LogP contribution >= 0.6 is 11.6 Å². The number of allylic oxidation sites excluding steroid dienone is 2. The fourth-order valence-electron chi connectivity index (χ4n) is 3.39. The number of hydrogen-bond donors (Lipinski definition) is 3. The van der Waals surface area contributed by atoms with Crippen LogP contribution in [0.5, 0.6) is 11.5 Å². The minimum atomic E-state index is -0.675. The molecule has 0 aromatic heterocycles. The Morgan fingerprint density at radius 3 is 2.43 bits per heavy atom. The van der Waals surface area contributed by atoms with Gasteiger partial charge in [-0.3, -0.25) is 4.79 Å². The van der Waals surface area contributed by atoms with Crippen LogP contribution in [-0.2, 0) is 16.6 Å². The molecule has 158 valence electrons. The molecule has 3 N–H and O–H groups in total. The van der Waals surface area contributed by atoms with Crippen LogP contribution in [-0.4, -0.2) is 22.0 Å². The van der Waals surface area contributed by atoms with Crippen molar-refractivity contribution < 1.29 is 15.0 Å². The van der Waals surface area contributed by atoms with Crippen molar-refractivity contribution in [3.8, 4) is 11.5 Å². The average Bonchev–Trinajstić information content (AvgIpc) is 3.53. The molecule has 0 saturated heterocycles. The molecule has 1 fully saturated rings. The number of aliphatic imine (C=N–C) groups is 1. The molecule has 30 heavy (non-hydrogen) atoms. The summed E-state index contributed by atoms with van der Waals surface area (Å²) >= 11 is 6.26. The summed E-state index contributed by atoms with van der Waals surface area (Å²) in [4.78, 5) is 17.7. The summed E-state index contributed by atoms with van der Waals surface area (Å²) in [5.74, 6) is 0.0560. The summed E-state index contributed by atoms with van der Waals surface area (Å²) in [7, 11) is 0. The summed E-state index contributed by atoms with van der Waals surface area (Å²) in [5.41, 5.74) is 2.99. The number of carbonyl (C=O) groups excluding carboxylic acids is 1. The molecule has 0 bridgehead atoms. The highest BCUT2D eigenvalue weighted by atomic mass is 35.5. The first-order chi connectivity index (χ1) is 14.3. The van der Waals surface area contributed by atoms with Crippen molar-refractivity contribution in [1.29, 1.82) is 0 Å². The Bertz CT molecular complexity index is 1020. The quantitative estimate of drug-likeness (QED) is 0.335. The Hall–Kier alpha value is -2.79. The fourth-order valence-corrected chi connectivity index (χ4v) is 3.59. The highest BCUT2D eigenvalue weighted by Crippen LogP contribution is 2.49. The number of halogens is 1. The zero-order valence-electron chi connectivity index (χ0n) is 17.5. The molecule has 1 amide bonds. The molecule has 1 aliphatic rings. The Balaban J connectivity index is 1.76. The van der Waals surface area contributed by atoms with Crippen LogP contribution in [0.15, 0.2) is 58.7 Å². The molecule has 2 aromatic rings. The molecule has 0 spiro atoms. The number of aromatic hydroxyl groups is 2. The monoisotopic (exact) mass is 426 g/mol. The van der Waals surface area contributed by atoms with E-state index in [1.807, 2.05) is 45.0 Å². The predicted octanol–water partition coefficient (Wildman–Crippen LogP) is 5.24. The van der Waals surface area contributed by atoms with E-state index in [-0.39, 0.29) is 17.4 Å². The van der Waals surface area contributed by atoms with Crippen molar-refractivity contribution >= 4 is 23.3 Å². The van der Waals surface area contributed by atoms with Crippen molar-refractivity contribution in [2.75, 3.05) is 0 Å². The van der Waals surface area contributed by atoms with Crippen LogP contribution in [0.4, 0.5) is 0 Å². The minimum absolute atomic E-state index is 0.134. The molecule has 3 rings (SSSR count). The smallest absolute Gasteiger partial charge is 0.235 e. The van der Waals surface area contributed by atoms with E-state index in [1.54, 1.807) is 6.07 Å². The fraction of sp³-hybridized carbons (Fsp3) is 0.333. The summed E-state index contributed by atoms with van der Waals surface area (Å²) in [6.45, 7) is 5.89. The molecule has 5 nitrogen and oxygen atoms in total. The number of hydrogen-bond acceptors (Lipinski definition) is 4. The third-order valence-electron chi connectivity index (χ3n) is 5.64. The number of phenols is 2. The van der Waals surface area contributed by atoms with Gasteiger partial charge in [-0.25, -0.2) is 4.99 Å². The van der Waals surface area contributed by atoms with Gasteiger partial charge in [-0.15, -0.1) is 0 Å². The van der Waals surface area contributed by atoms with E-state index in [9.17, 15) is 15.0 Å². The second-order valence-electron chi connectivity index (χ2n) is 7.79. The second-order valence-corrected chi connectivity index (χ2v) is 8.19. The van der Waals surface area contributed by atoms with Crippen molar-refractivity contribution in [3.63, 3.8) is 0 Å². The number of nitrogens with one attached hydrogen (secondary N) is 1. The van der Waals surface area contributed by atoms with E-state index in [1.165, 1.54) is 12.1 Å². The molecular formula is C24H27ClN2O3. The minimum Gasteiger partial charge on any atom is -0.504 e. The number of rotatable bonds is 6. The lowest BCUT2D eigenvalue weighted by Gasteiger charge is -2.17. The van der Waals surface area contributed by atoms with E-state index in [0.717, 1.165) is 21.9 Å². The first-order valence-corrected chi connectivity index (χ1v) is 10.5. The molecule has 2 aromatic carbocycles. The van der Waals surface area contributed by atoms with Gasteiger partial charge in [-0.05, 0) is 68.0 Å². The third-order valence-corrected chi connectivity index (χ3v) is 6.01. The average molecular weight is 427 g/mol. The van der Waals surface area contributed by atoms with E-state index >= 15 is 0 Å². The van der Waals surface area contributed by atoms with Gasteiger partial charge in [-0.2, -0.15) is 0 Å². The van der Waals surface area contributed by atoms with Gasteiger partial charge >= 0.3 is 0 Å². The molecule has 1 saturated carbocycles. The van der Waals surface area contributed by atoms with E-state index in [2.05, 4.69) is 10.3 Å². The zero-order valence-corrected chi connectivity index (χ0v) is 18.3. The molecule has 0 unspecified atom stereocenters. The van der Waals surface area contributed by atoms with Crippen molar-refractivity contribution in [2.24, 2.45) is 4.99 Å². The Morgan fingerprint density at radius 1 is 1.13 bits per heavy atom. The lowest BCUT2D eigenvalue weighted by atomic mass is 9.94. The van der Waals surface area contributed by atoms with Gasteiger partial charge in [0, 0.05) is 17.1 Å². The molecular weight excluding hydrogens is 400 g/mol. The van der Waals surface area contributed by atoms with Gasteiger partial charge < -0.3 is 15.5 Å². The van der Waals surface area contributed by atoms with Crippen LogP contribution in [0.2, 0.25) is 5.02 Å². The summed E-state index contributed by atoms with van der Waals surface area (Å²) in [6.07, 6.45) is 2.66. The number of benzene rings is 2. The number of nitrogens with zero attached hydrogens (tertiary/aromatic N) is 1. The van der Waals surface area contributed by atoms with Gasteiger partial charge in [0.2, 0.25) is 5.91 Å². The molecule has 0 aliphatic heterocycles. The maximum absolute atomic E-state index is 13.0. The Kier molecular flexibility index (Phi) is 6.52. The molecule has 1 aliphatic carbocycles. The van der Waals surface area contributed by atoms with Gasteiger partial charge in [0.15, 0.2) is 11.5 Å². The molecule has 0 atom stereocenters. The lowest BCUT2D eigenvalue weighted by molar-refractivity contribution is -0.122. The zero-order chi connectivity index (χ0) is 21.9. The number of phenolic OH excluding ortho intramolecular Hbond substituents is 2. The Morgan fingerprint density at radius 2 is 1.83 bits per heavy atom. The van der Waals surface area contributed by atoms with Gasteiger partial charge in [0.05, 0.1) is 5.41 Å². The predicted molar refractivity (Wildman–Crippen MR) is 120 cm³/mol. The molecule has 6 heteroatoms. The normalized spacial score (nSPS) is 16.1. The second kappa shape index (κ2) is 8.92. The first-order valence-electron chi connectivity index (χ1n) is 10.1. The van der Waals surface area contributed by atoms with Gasteiger partial charge in [-0.1, -0.05) is 42.8 Å². The maximum Gasteiger partial charge on any atom is 0.235 e. The van der Waals surface area contributed by atoms with Crippen LogP contribution in [0.25, 0.3) is 0 Å². The highest BCUT2D eigenvalue weighted by Gasteiger charge is 2.51.